The Balaban J connectivity index is 1.33. The van der Waals surface area contributed by atoms with E-state index < -0.39 is 0 Å². The predicted molar refractivity (Wildman–Crippen MR) is 133 cm³/mol. The van der Waals surface area contributed by atoms with Crippen LogP contribution in [0.15, 0.2) is 117 Å². The zero-order chi connectivity index (χ0) is 21.5. The number of carbonyl (C=O) groups is 1. The van der Waals surface area contributed by atoms with E-state index >= 15 is 0 Å². The first-order valence-electron chi connectivity index (χ1n) is 10.6. The van der Waals surface area contributed by atoms with Crippen molar-refractivity contribution in [3.8, 4) is 0 Å². The number of anilines is 4. The van der Waals surface area contributed by atoms with Crippen molar-refractivity contribution in [1.82, 2.24) is 0 Å². The first-order valence-corrected chi connectivity index (χ1v) is 12.3. The number of amides is 1. The van der Waals surface area contributed by atoms with Gasteiger partial charge in [-0.1, -0.05) is 72.1 Å². The molecule has 2 heterocycles. The van der Waals surface area contributed by atoms with Crippen molar-refractivity contribution in [2.45, 2.75) is 26.0 Å². The zero-order valence-corrected chi connectivity index (χ0v) is 18.9. The van der Waals surface area contributed by atoms with Gasteiger partial charge in [-0.05, 0) is 48.5 Å². The molecule has 0 radical (unpaired) electrons. The van der Waals surface area contributed by atoms with Crippen LogP contribution in [0.5, 0.6) is 0 Å². The summed E-state index contributed by atoms with van der Waals surface area (Å²) in [4.78, 5) is 22.5. The Bertz CT molecular complexity index is 1250. The van der Waals surface area contributed by atoms with Gasteiger partial charge in [0.2, 0.25) is 5.91 Å². The van der Waals surface area contributed by atoms with Crippen molar-refractivity contribution in [1.29, 1.82) is 0 Å². The smallest absolute Gasteiger partial charge is 0.233 e. The number of para-hydroxylation sites is 4. The van der Waals surface area contributed by atoms with Crippen molar-refractivity contribution in [3.63, 3.8) is 0 Å². The lowest BCUT2D eigenvalue weighted by molar-refractivity contribution is -0.117. The minimum Gasteiger partial charge on any atom is -0.339 e. The standard InChI is InChI=1S/C27H20N2OS2/c30-27(29-21-11-3-7-15-25(21)32-26-16-8-4-12-22(26)29)17-18-28-19-9-1-5-13-23(19)31-24-14-6-2-10-20(24)28/h1-16H,17-18H2. The molecule has 2 aliphatic heterocycles. The second-order valence-electron chi connectivity index (χ2n) is 7.71. The molecule has 4 aromatic carbocycles. The number of fused-ring (bicyclic) bond motifs is 4. The second kappa shape index (κ2) is 8.08. The van der Waals surface area contributed by atoms with Crippen molar-refractivity contribution in [2.24, 2.45) is 0 Å². The van der Waals surface area contributed by atoms with Crippen LogP contribution in [0.25, 0.3) is 0 Å². The predicted octanol–water partition coefficient (Wildman–Crippen LogP) is 7.51. The molecule has 1 amide bonds. The van der Waals surface area contributed by atoms with Crippen LogP contribution < -0.4 is 9.80 Å². The van der Waals surface area contributed by atoms with Crippen LogP contribution in [0.4, 0.5) is 22.7 Å². The fraction of sp³-hybridized carbons (Fsp3) is 0.0741. The van der Waals surface area contributed by atoms with Gasteiger partial charge in [0.05, 0.1) is 22.7 Å². The van der Waals surface area contributed by atoms with Gasteiger partial charge >= 0.3 is 0 Å². The zero-order valence-electron chi connectivity index (χ0n) is 17.3. The van der Waals surface area contributed by atoms with Crippen LogP contribution >= 0.6 is 23.5 Å². The maximum atomic E-state index is 13.7. The Morgan fingerprint density at radius 1 is 0.562 bits per heavy atom. The van der Waals surface area contributed by atoms with Gasteiger partial charge in [0.25, 0.3) is 0 Å². The molecule has 0 bridgehead atoms. The fourth-order valence-electron chi connectivity index (χ4n) is 4.31. The van der Waals surface area contributed by atoms with E-state index in [1.54, 1.807) is 23.5 Å². The molecule has 0 saturated heterocycles. The van der Waals surface area contributed by atoms with Crippen LogP contribution in [-0.4, -0.2) is 12.5 Å². The molecule has 2 aliphatic rings. The highest BCUT2D eigenvalue weighted by Gasteiger charge is 2.29. The van der Waals surface area contributed by atoms with Crippen molar-refractivity contribution < 1.29 is 4.79 Å². The molecule has 0 aliphatic carbocycles. The van der Waals surface area contributed by atoms with Crippen LogP contribution in [0, 0.1) is 0 Å². The molecule has 0 aromatic heterocycles. The number of hydrogen-bond donors (Lipinski definition) is 0. The van der Waals surface area contributed by atoms with Gasteiger partial charge in [0.1, 0.15) is 0 Å². The summed E-state index contributed by atoms with van der Waals surface area (Å²) in [5.74, 6) is 0.110. The van der Waals surface area contributed by atoms with E-state index in [4.69, 9.17) is 0 Å². The van der Waals surface area contributed by atoms with Crippen molar-refractivity contribution in [3.05, 3.63) is 97.1 Å². The number of benzene rings is 4. The molecular formula is C27H20N2OS2. The lowest BCUT2D eigenvalue weighted by Crippen LogP contribution is -2.32. The summed E-state index contributed by atoms with van der Waals surface area (Å²) in [6.07, 6.45) is 0.417. The van der Waals surface area contributed by atoms with Gasteiger partial charge in [-0.3, -0.25) is 9.69 Å². The molecule has 0 spiro atoms. The molecule has 0 N–H and O–H groups in total. The third kappa shape index (κ3) is 3.29. The van der Waals surface area contributed by atoms with Gasteiger partial charge in [0.15, 0.2) is 0 Å². The first-order chi connectivity index (χ1) is 15.8. The highest BCUT2D eigenvalue weighted by Crippen LogP contribution is 2.49. The van der Waals surface area contributed by atoms with E-state index in [1.807, 2.05) is 41.3 Å². The van der Waals surface area contributed by atoms with E-state index in [0.29, 0.717) is 13.0 Å². The Kier molecular flexibility index (Phi) is 4.93. The normalized spacial score (nSPS) is 13.6. The van der Waals surface area contributed by atoms with E-state index in [0.717, 1.165) is 21.2 Å². The molecule has 0 fully saturated rings. The Morgan fingerprint density at radius 2 is 0.938 bits per heavy atom. The minimum absolute atomic E-state index is 0.110. The molecule has 156 valence electrons. The van der Waals surface area contributed by atoms with E-state index in [2.05, 4.69) is 65.6 Å². The van der Waals surface area contributed by atoms with Crippen molar-refractivity contribution >= 4 is 52.2 Å². The Labute approximate surface area is 196 Å². The molecule has 0 atom stereocenters. The lowest BCUT2D eigenvalue weighted by Gasteiger charge is -2.34. The monoisotopic (exact) mass is 452 g/mol. The van der Waals surface area contributed by atoms with E-state index in [9.17, 15) is 4.79 Å². The third-order valence-electron chi connectivity index (χ3n) is 5.76. The summed E-state index contributed by atoms with van der Waals surface area (Å²) < 4.78 is 0. The number of nitrogens with zero attached hydrogens (tertiary/aromatic N) is 2. The van der Waals surface area contributed by atoms with Gasteiger partial charge < -0.3 is 4.90 Å². The number of hydrogen-bond acceptors (Lipinski definition) is 4. The molecular weight excluding hydrogens is 432 g/mol. The molecule has 6 rings (SSSR count). The number of rotatable bonds is 3. The minimum atomic E-state index is 0.110. The number of carbonyl (C=O) groups excluding carboxylic acids is 1. The molecule has 5 heteroatoms. The lowest BCUT2D eigenvalue weighted by atomic mass is 10.1. The maximum Gasteiger partial charge on any atom is 0.233 e. The Hall–Kier alpha value is -3.15. The van der Waals surface area contributed by atoms with Gasteiger partial charge in [-0.25, -0.2) is 0 Å². The van der Waals surface area contributed by atoms with Crippen LogP contribution in [0.1, 0.15) is 6.42 Å². The maximum absolute atomic E-state index is 13.7. The van der Waals surface area contributed by atoms with E-state index in [1.165, 1.54) is 21.2 Å². The SMILES string of the molecule is O=C(CCN1c2ccccc2Sc2ccccc21)N1c2ccccc2Sc2ccccc21. The summed E-state index contributed by atoms with van der Waals surface area (Å²) in [5, 5.41) is 0. The highest BCUT2D eigenvalue weighted by atomic mass is 32.2. The summed E-state index contributed by atoms with van der Waals surface area (Å²) >= 11 is 3.51. The third-order valence-corrected chi connectivity index (χ3v) is 8.02. The van der Waals surface area contributed by atoms with Crippen molar-refractivity contribution in [2.75, 3.05) is 16.3 Å². The Morgan fingerprint density at radius 3 is 1.41 bits per heavy atom. The molecule has 32 heavy (non-hydrogen) atoms. The summed E-state index contributed by atoms with van der Waals surface area (Å²) in [5.41, 5.74) is 4.27. The summed E-state index contributed by atoms with van der Waals surface area (Å²) in [6, 6.07) is 33.2. The quantitative estimate of drug-likeness (QED) is 0.321. The van der Waals surface area contributed by atoms with Crippen LogP contribution in [-0.2, 0) is 4.79 Å². The molecule has 0 unspecified atom stereocenters. The molecule has 0 saturated carbocycles. The van der Waals surface area contributed by atoms with Gasteiger partial charge in [-0.2, -0.15) is 0 Å². The first kappa shape index (κ1) is 19.5. The van der Waals surface area contributed by atoms with Crippen LogP contribution in [0.2, 0.25) is 0 Å². The summed E-state index contributed by atoms with van der Waals surface area (Å²) in [7, 11) is 0. The summed E-state index contributed by atoms with van der Waals surface area (Å²) in [6.45, 7) is 0.626. The largest absolute Gasteiger partial charge is 0.339 e. The second-order valence-corrected chi connectivity index (χ2v) is 9.87. The highest BCUT2D eigenvalue weighted by molar-refractivity contribution is 8.00. The van der Waals surface area contributed by atoms with Gasteiger partial charge in [0, 0.05) is 32.5 Å². The van der Waals surface area contributed by atoms with Crippen LogP contribution in [0.3, 0.4) is 0 Å². The van der Waals surface area contributed by atoms with E-state index in [-0.39, 0.29) is 5.91 Å². The average Bonchev–Trinajstić information content (AvgIpc) is 2.84. The average molecular weight is 453 g/mol. The van der Waals surface area contributed by atoms with Gasteiger partial charge in [-0.15, -0.1) is 0 Å². The molecule has 4 aromatic rings. The fourth-order valence-corrected chi connectivity index (χ4v) is 6.47. The topological polar surface area (TPSA) is 23.6 Å². The molecule has 3 nitrogen and oxygen atoms in total.